The fourth-order valence-electron chi connectivity index (χ4n) is 1.69. The van der Waals surface area contributed by atoms with Crippen molar-refractivity contribution < 1.29 is 27.4 Å². The summed E-state index contributed by atoms with van der Waals surface area (Å²) >= 11 is 0. The molecular weight excluding hydrogens is 275 g/mol. The molecule has 0 saturated carbocycles. The Bertz CT molecular complexity index is 308. The Hall–Kier alpha value is -0.820. The third-order valence-electron chi connectivity index (χ3n) is 2.76. The van der Waals surface area contributed by atoms with Gasteiger partial charge in [-0.25, -0.2) is 0 Å². The van der Waals surface area contributed by atoms with Crippen molar-refractivity contribution in [3.63, 3.8) is 0 Å². The molecule has 0 aromatic carbocycles. The Labute approximate surface area is 118 Å². The predicted octanol–water partition coefficient (Wildman–Crippen LogP) is 2.66. The fourth-order valence-corrected chi connectivity index (χ4v) is 1.69. The van der Waals surface area contributed by atoms with Crippen LogP contribution in [0, 0.1) is 0 Å². The molecule has 0 aromatic rings. The van der Waals surface area contributed by atoms with Crippen LogP contribution in [0.1, 0.15) is 41.0 Å². The molecule has 7 heteroatoms. The SMILES string of the molecule is CCOC(=O)C(C)(CCOC(C)C(F)(F)F)NC(C)C. The van der Waals surface area contributed by atoms with Crippen molar-refractivity contribution in [2.45, 2.75) is 64.9 Å². The highest BCUT2D eigenvalue weighted by atomic mass is 19.4. The van der Waals surface area contributed by atoms with E-state index in [9.17, 15) is 18.0 Å². The van der Waals surface area contributed by atoms with Crippen LogP contribution in [-0.2, 0) is 14.3 Å². The van der Waals surface area contributed by atoms with Crippen LogP contribution in [0.15, 0.2) is 0 Å². The van der Waals surface area contributed by atoms with Gasteiger partial charge in [-0.3, -0.25) is 10.1 Å². The Balaban J connectivity index is 4.56. The highest BCUT2D eigenvalue weighted by Crippen LogP contribution is 2.23. The summed E-state index contributed by atoms with van der Waals surface area (Å²) in [7, 11) is 0. The molecule has 0 saturated heterocycles. The number of nitrogens with one attached hydrogen (secondary N) is 1. The highest BCUT2D eigenvalue weighted by molar-refractivity contribution is 5.80. The van der Waals surface area contributed by atoms with Gasteiger partial charge < -0.3 is 9.47 Å². The largest absolute Gasteiger partial charge is 0.465 e. The summed E-state index contributed by atoms with van der Waals surface area (Å²) in [6, 6.07) is -0.00977. The molecule has 0 bridgehead atoms. The van der Waals surface area contributed by atoms with Gasteiger partial charge in [-0.2, -0.15) is 13.2 Å². The molecule has 2 atom stereocenters. The minimum absolute atomic E-state index is 0.00977. The Morgan fingerprint density at radius 1 is 1.25 bits per heavy atom. The zero-order valence-corrected chi connectivity index (χ0v) is 12.6. The molecule has 0 rings (SSSR count). The van der Waals surface area contributed by atoms with E-state index in [-0.39, 0.29) is 25.7 Å². The second-order valence-electron chi connectivity index (χ2n) is 5.16. The summed E-state index contributed by atoms with van der Waals surface area (Å²) in [6.07, 6.45) is -6.15. The van der Waals surface area contributed by atoms with Crippen LogP contribution in [-0.4, -0.2) is 43.0 Å². The molecule has 0 aromatic heterocycles. The van der Waals surface area contributed by atoms with E-state index in [1.54, 1.807) is 13.8 Å². The number of hydrogen-bond acceptors (Lipinski definition) is 4. The first-order valence-corrected chi connectivity index (χ1v) is 6.66. The first-order chi connectivity index (χ1) is 9.03. The van der Waals surface area contributed by atoms with Crippen molar-refractivity contribution in [3.05, 3.63) is 0 Å². The number of carbonyl (C=O) groups excluding carboxylic acids is 1. The summed E-state index contributed by atoms with van der Waals surface area (Å²) in [5, 5.41) is 3.02. The molecular formula is C13H24F3NO3. The topological polar surface area (TPSA) is 47.6 Å². The van der Waals surface area contributed by atoms with Crippen LogP contribution < -0.4 is 5.32 Å². The van der Waals surface area contributed by atoms with Crippen molar-refractivity contribution in [1.82, 2.24) is 5.32 Å². The minimum atomic E-state index is -4.40. The standard InChI is InChI=1S/C13H24F3NO3/c1-6-19-11(18)12(5,17-9(2)3)7-8-20-10(4)13(14,15)16/h9-10,17H,6-8H2,1-5H3. The lowest BCUT2D eigenvalue weighted by atomic mass is 9.97. The Morgan fingerprint density at radius 2 is 1.80 bits per heavy atom. The van der Waals surface area contributed by atoms with Crippen molar-refractivity contribution >= 4 is 5.97 Å². The second kappa shape index (κ2) is 7.83. The molecule has 2 unspecified atom stereocenters. The maximum absolute atomic E-state index is 12.3. The van der Waals surface area contributed by atoms with Crippen LogP contribution in [0.3, 0.4) is 0 Å². The number of ether oxygens (including phenoxy) is 2. The van der Waals surface area contributed by atoms with Gasteiger partial charge in [-0.1, -0.05) is 0 Å². The lowest BCUT2D eigenvalue weighted by molar-refractivity contribution is -0.215. The van der Waals surface area contributed by atoms with Crippen LogP contribution in [0.2, 0.25) is 0 Å². The van der Waals surface area contributed by atoms with Gasteiger partial charge >= 0.3 is 12.1 Å². The number of halogens is 3. The van der Waals surface area contributed by atoms with Crippen molar-refractivity contribution in [3.8, 4) is 0 Å². The van der Waals surface area contributed by atoms with E-state index >= 15 is 0 Å². The summed E-state index contributed by atoms with van der Waals surface area (Å²) < 4.78 is 46.7. The minimum Gasteiger partial charge on any atom is -0.465 e. The summed E-state index contributed by atoms with van der Waals surface area (Å²) in [5.41, 5.74) is -1.06. The van der Waals surface area contributed by atoms with E-state index < -0.39 is 23.8 Å². The number of hydrogen-bond donors (Lipinski definition) is 1. The molecule has 0 amide bonds. The molecule has 20 heavy (non-hydrogen) atoms. The molecule has 0 aliphatic rings. The van der Waals surface area contributed by atoms with Crippen LogP contribution in [0.25, 0.3) is 0 Å². The first kappa shape index (κ1) is 19.2. The monoisotopic (exact) mass is 299 g/mol. The second-order valence-corrected chi connectivity index (χ2v) is 5.16. The molecule has 0 spiro atoms. The van der Waals surface area contributed by atoms with E-state index in [2.05, 4.69) is 5.32 Å². The quantitative estimate of drug-likeness (QED) is 0.700. The molecule has 1 N–H and O–H groups in total. The van der Waals surface area contributed by atoms with Gasteiger partial charge in [0.1, 0.15) is 5.54 Å². The molecule has 0 fully saturated rings. The average Bonchev–Trinajstić information content (AvgIpc) is 2.26. The predicted molar refractivity (Wildman–Crippen MR) is 69.4 cm³/mol. The summed E-state index contributed by atoms with van der Waals surface area (Å²) in [4.78, 5) is 11.9. The van der Waals surface area contributed by atoms with Gasteiger partial charge in [0, 0.05) is 12.6 Å². The summed E-state index contributed by atoms with van der Waals surface area (Å²) in [5.74, 6) is -0.489. The highest BCUT2D eigenvalue weighted by Gasteiger charge is 2.39. The van der Waals surface area contributed by atoms with Crippen LogP contribution >= 0.6 is 0 Å². The summed E-state index contributed by atoms with van der Waals surface area (Å²) in [6.45, 7) is 7.94. The Morgan fingerprint density at radius 3 is 2.20 bits per heavy atom. The number of alkyl halides is 3. The van der Waals surface area contributed by atoms with Gasteiger partial charge in [-0.05, 0) is 41.0 Å². The molecule has 0 aliphatic heterocycles. The zero-order chi connectivity index (χ0) is 16.0. The average molecular weight is 299 g/mol. The van der Waals surface area contributed by atoms with E-state index in [1.165, 1.54) is 0 Å². The lowest BCUT2D eigenvalue weighted by Gasteiger charge is -2.31. The molecule has 0 aliphatic carbocycles. The zero-order valence-electron chi connectivity index (χ0n) is 12.6. The van der Waals surface area contributed by atoms with Gasteiger partial charge in [0.15, 0.2) is 6.10 Å². The van der Waals surface area contributed by atoms with E-state index in [4.69, 9.17) is 9.47 Å². The van der Waals surface area contributed by atoms with Gasteiger partial charge in [0.25, 0.3) is 0 Å². The number of esters is 1. The molecule has 0 heterocycles. The van der Waals surface area contributed by atoms with E-state index in [0.717, 1.165) is 6.92 Å². The first-order valence-electron chi connectivity index (χ1n) is 6.66. The molecule has 0 radical (unpaired) electrons. The van der Waals surface area contributed by atoms with E-state index in [0.29, 0.717) is 0 Å². The lowest BCUT2D eigenvalue weighted by Crippen LogP contribution is -2.54. The molecule has 4 nitrogen and oxygen atoms in total. The van der Waals surface area contributed by atoms with Crippen molar-refractivity contribution in [1.29, 1.82) is 0 Å². The normalized spacial score (nSPS) is 16.9. The smallest absolute Gasteiger partial charge is 0.414 e. The maximum atomic E-state index is 12.3. The third kappa shape index (κ3) is 6.56. The third-order valence-corrected chi connectivity index (χ3v) is 2.76. The van der Waals surface area contributed by atoms with Crippen molar-refractivity contribution in [2.24, 2.45) is 0 Å². The fraction of sp³-hybridized carbons (Fsp3) is 0.923. The van der Waals surface area contributed by atoms with Gasteiger partial charge in [0.05, 0.1) is 6.61 Å². The van der Waals surface area contributed by atoms with E-state index in [1.807, 2.05) is 13.8 Å². The van der Waals surface area contributed by atoms with Crippen LogP contribution in [0.5, 0.6) is 0 Å². The van der Waals surface area contributed by atoms with Gasteiger partial charge in [-0.15, -0.1) is 0 Å². The van der Waals surface area contributed by atoms with Crippen LogP contribution in [0.4, 0.5) is 13.2 Å². The number of carbonyl (C=O) groups is 1. The Kier molecular flexibility index (Phi) is 7.51. The molecule has 120 valence electrons. The van der Waals surface area contributed by atoms with Crippen molar-refractivity contribution in [2.75, 3.05) is 13.2 Å². The maximum Gasteiger partial charge on any atom is 0.414 e. The van der Waals surface area contributed by atoms with Gasteiger partial charge in [0.2, 0.25) is 0 Å². The number of rotatable bonds is 8.